The zero-order chi connectivity index (χ0) is 17.8. The van der Waals surface area contributed by atoms with Gasteiger partial charge in [0.15, 0.2) is 0 Å². The van der Waals surface area contributed by atoms with Crippen LogP contribution in [0.3, 0.4) is 0 Å². The first kappa shape index (κ1) is 17.3. The summed E-state index contributed by atoms with van der Waals surface area (Å²) in [4.78, 5) is 16.4. The maximum atomic E-state index is 12.5. The lowest BCUT2D eigenvalue weighted by molar-refractivity contribution is -0.130. The van der Waals surface area contributed by atoms with Gasteiger partial charge >= 0.3 is 0 Å². The monoisotopic (exact) mass is 402 g/mol. The van der Waals surface area contributed by atoms with Gasteiger partial charge in [0.05, 0.1) is 6.42 Å². The lowest BCUT2D eigenvalue weighted by Crippen LogP contribution is -2.49. The van der Waals surface area contributed by atoms with Crippen LogP contribution in [0.2, 0.25) is 0 Å². The van der Waals surface area contributed by atoms with Crippen LogP contribution in [0, 0.1) is 10.8 Å². The summed E-state index contributed by atoms with van der Waals surface area (Å²) in [5, 5.41) is 19.2. The Hall–Kier alpha value is -2.48. The summed E-state index contributed by atoms with van der Waals surface area (Å²) in [6.45, 7) is 2.66. The molecule has 8 heteroatoms. The summed E-state index contributed by atoms with van der Waals surface area (Å²) in [6, 6.07) is 11.2. The molecular weight excluding hydrogens is 384 g/mol. The Morgan fingerprint density at radius 1 is 1.12 bits per heavy atom. The van der Waals surface area contributed by atoms with Crippen molar-refractivity contribution < 1.29 is 4.79 Å². The molecule has 130 valence electrons. The highest BCUT2D eigenvalue weighted by molar-refractivity contribution is 9.10. The first-order valence-electron chi connectivity index (χ1n) is 7.99. The van der Waals surface area contributed by atoms with E-state index in [0.29, 0.717) is 32.6 Å². The second kappa shape index (κ2) is 7.60. The molecule has 7 nitrogen and oxygen atoms in total. The number of rotatable bonds is 4. The number of anilines is 1. The summed E-state index contributed by atoms with van der Waals surface area (Å²) in [7, 11) is 0. The van der Waals surface area contributed by atoms with Crippen molar-refractivity contribution in [3.63, 3.8) is 0 Å². The quantitative estimate of drug-likeness (QED) is 0.599. The molecule has 0 spiro atoms. The molecule has 1 fully saturated rings. The fourth-order valence-corrected chi connectivity index (χ4v) is 3.03. The SMILES string of the molecule is N=Cn1nc(N2CCN(C(=O)Cc3ccc(Br)cc3)CC2)ccc1=N. The first-order chi connectivity index (χ1) is 12.1. The highest BCUT2D eigenvalue weighted by Crippen LogP contribution is 2.14. The van der Waals surface area contributed by atoms with Crippen molar-refractivity contribution in [1.82, 2.24) is 14.7 Å². The van der Waals surface area contributed by atoms with Crippen molar-refractivity contribution in [3.05, 3.63) is 51.9 Å². The molecule has 1 aromatic carbocycles. The second-order valence-corrected chi connectivity index (χ2v) is 6.74. The van der Waals surface area contributed by atoms with Gasteiger partial charge in [0.1, 0.15) is 17.6 Å². The van der Waals surface area contributed by atoms with Crippen molar-refractivity contribution in [2.75, 3.05) is 31.1 Å². The zero-order valence-corrected chi connectivity index (χ0v) is 15.2. The Morgan fingerprint density at radius 2 is 1.80 bits per heavy atom. The van der Waals surface area contributed by atoms with Crippen molar-refractivity contribution in [2.45, 2.75) is 6.42 Å². The van der Waals surface area contributed by atoms with Gasteiger partial charge in [0.25, 0.3) is 0 Å². The minimum absolute atomic E-state index is 0.131. The molecule has 1 aliphatic heterocycles. The van der Waals surface area contributed by atoms with Crippen LogP contribution in [0.1, 0.15) is 5.56 Å². The Labute approximate surface area is 154 Å². The topological polar surface area (TPSA) is 89.1 Å². The Balaban J connectivity index is 1.59. The maximum absolute atomic E-state index is 12.5. The number of amides is 1. The van der Waals surface area contributed by atoms with Crippen LogP contribution in [0.5, 0.6) is 0 Å². The van der Waals surface area contributed by atoms with E-state index in [4.69, 9.17) is 10.8 Å². The number of nitrogens with one attached hydrogen (secondary N) is 2. The Morgan fingerprint density at radius 3 is 2.44 bits per heavy atom. The molecule has 1 amide bonds. The molecule has 3 rings (SSSR count). The molecule has 0 atom stereocenters. The lowest BCUT2D eigenvalue weighted by Gasteiger charge is -2.35. The van der Waals surface area contributed by atoms with Crippen LogP contribution in [0.25, 0.3) is 0 Å². The van der Waals surface area contributed by atoms with Gasteiger partial charge in [-0.2, -0.15) is 0 Å². The van der Waals surface area contributed by atoms with E-state index >= 15 is 0 Å². The Kier molecular flexibility index (Phi) is 5.28. The van der Waals surface area contributed by atoms with E-state index in [0.717, 1.165) is 22.2 Å². The number of hydrogen-bond donors (Lipinski definition) is 2. The van der Waals surface area contributed by atoms with Crippen LogP contribution in [0.15, 0.2) is 40.9 Å². The van der Waals surface area contributed by atoms with Crippen molar-refractivity contribution in [1.29, 1.82) is 10.8 Å². The molecular formula is C17H19BrN6O. The van der Waals surface area contributed by atoms with E-state index < -0.39 is 0 Å². The number of carbonyl (C=O) groups excluding carboxylic acids is 1. The molecule has 0 radical (unpaired) electrons. The standard InChI is InChI=1S/C17H19BrN6O/c18-14-3-1-13(2-4-14)11-17(25)23-9-7-22(8-10-23)16-6-5-15(20)24(12-19)21-16/h1-6,12,19-20H,7-11H2. The second-order valence-electron chi connectivity index (χ2n) is 5.82. The molecule has 0 aliphatic carbocycles. The van der Waals surface area contributed by atoms with Gasteiger partial charge in [-0.3, -0.25) is 15.6 Å². The van der Waals surface area contributed by atoms with E-state index in [2.05, 4.69) is 25.9 Å². The number of piperazine rings is 1. The average molecular weight is 403 g/mol. The fourth-order valence-electron chi connectivity index (χ4n) is 2.77. The molecule has 2 N–H and O–H groups in total. The number of halogens is 1. The summed E-state index contributed by atoms with van der Waals surface area (Å²) >= 11 is 3.40. The summed E-state index contributed by atoms with van der Waals surface area (Å²) in [5.41, 5.74) is 1.18. The molecule has 1 saturated heterocycles. The number of aromatic nitrogens is 2. The first-order valence-corrected chi connectivity index (χ1v) is 8.78. The van der Waals surface area contributed by atoms with Crippen LogP contribution < -0.4 is 10.4 Å². The molecule has 1 aromatic heterocycles. The average Bonchev–Trinajstić information content (AvgIpc) is 2.64. The van der Waals surface area contributed by atoms with Gasteiger partial charge in [-0.15, -0.1) is 5.10 Å². The third-order valence-corrected chi connectivity index (χ3v) is 4.72. The van der Waals surface area contributed by atoms with Crippen LogP contribution in [-0.4, -0.2) is 53.1 Å². The van der Waals surface area contributed by atoms with Crippen LogP contribution in [-0.2, 0) is 11.2 Å². The van der Waals surface area contributed by atoms with Gasteiger partial charge in [-0.25, -0.2) is 4.68 Å². The molecule has 25 heavy (non-hydrogen) atoms. The van der Waals surface area contributed by atoms with Gasteiger partial charge in [0.2, 0.25) is 5.91 Å². The predicted octanol–water partition coefficient (Wildman–Crippen LogP) is 1.47. The third-order valence-electron chi connectivity index (χ3n) is 4.19. The summed E-state index contributed by atoms with van der Waals surface area (Å²) in [6.07, 6.45) is 1.43. The largest absolute Gasteiger partial charge is 0.352 e. The predicted molar refractivity (Wildman–Crippen MR) is 98.9 cm³/mol. The van der Waals surface area contributed by atoms with Crippen molar-refractivity contribution in [3.8, 4) is 0 Å². The highest BCUT2D eigenvalue weighted by atomic mass is 79.9. The van der Waals surface area contributed by atoms with Crippen molar-refractivity contribution >= 4 is 34.0 Å². The molecule has 0 saturated carbocycles. The number of hydrogen-bond acceptors (Lipinski definition) is 5. The molecule has 2 aromatic rings. The third kappa shape index (κ3) is 4.14. The number of nitrogens with zero attached hydrogens (tertiary/aromatic N) is 4. The molecule has 1 aliphatic rings. The summed E-state index contributed by atoms with van der Waals surface area (Å²) < 4.78 is 2.23. The van der Waals surface area contributed by atoms with Gasteiger partial charge in [0, 0.05) is 30.7 Å². The zero-order valence-electron chi connectivity index (χ0n) is 13.7. The van der Waals surface area contributed by atoms with E-state index in [1.54, 1.807) is 12.1 Å². The molecule has 0 bridgehead atoms. The number of benzene rings is 1. The number of carbonyl (C=O) groups is 1. The minimum atomic E-state index is 0.131. The molecule has 2 heterocycles. The van der Waals surface area contributed by atoms with E-state index in [-0.39, 0.29) is 11.4 Å². The van der Waals surface area contributed by atoms with Gasteiger partial charge in [-0.1, -0.05) is 28.1 Å². The molecule has 0 unspecified atom stereocenters. The van der Waals surface area contributed by atoms with E-state index in [9.17, 15) is 4.79 Å². The van der Waals surface area contributed by atoms with Gasteiger partial charge < -0.3 is 9.80 Å². The normalized spacial score (nSPS) is 14.4. The fraction of sp³-hybridized carbons (Fsp3) is 0.294. The van der Waals surface area contributed by atoms with E-state index in [1.165, 1.54) is 4.68 Å². The van der Waals surface area contributed by atoms with Gasteiger partial charge in [-0.05, 0) is 29.8 Å². The lowest BCUT2D eigenvalue weighted by atomic mass is 10.1. The van der Waals surface area contributed by atoms with Crippen molar-refractivity contribution in [2.24, 2.45) is 0 Å². The highest BCUT2D eigenvalue weighted by Gasteiger charge is 2.22. The van der Waals surface area contributed by atoms with E-state index in [1.807, 2.05) is 29.2 Å². The Bertz CT molecular complexity index is 824. The summed E-state index contributed by atoms with van der Waals surface area (Å²) in [5.74, 6) is 0.852. The minimum Gasteiger partial charge on any atom is -0.352 e. The maximum Gasteiger partial charge on any atom is 0.227 e. The van der Waals surface area contributed by atoms with Crippen LogP contribution in [0.4, 0.5) is 5.82 Å². The van der Waals surface area contributed by atoms with Crippen LogP contribution >= 0.6 is 15.9 Å². The smallest absolute Gasteiger partial charge is 0.227 e.